The fraction of sp³-hybridized carbons (Fsp3) is 0.364. The lowest BCUT2D eigenvalue weighted by atomic mass is 9.98. The molecule has 0 saturated carbocycles. The first-order chi connectivity index (χ1) is 7.57. The molecular formula is C11H13BrO4. The summed E-state index contributed by atoms with van der Waals surface area (Å²) in [5.41, 5.74) is 0.755. The van der Waals surface area contributed by atoms with Gasteiger partial charge in [0.15, 0.2) is 6.10 Å². The number of carboxylic acid groups (broad SMARTS) is 1. The van der Waals surface area contributed by atoms with E-state index >= 15 is 0 Å². The van der Waals surface area contributed by atoms with Crippen molar-refractivity contribution in [1.29, 1.82) is 0 Å². The van der Waals surface area contributed by atoms with Crippen LogP contribution in [0.15, 0.2) is 18.2 Å². The number of benzene rings is 1. The van der Waals surface area contributed by atoms with Gasteiger partial charge in [0.2, 0.25) is 0 Å². The summed E-state index contributed by atoms with van der Waals surface area (Å²) >= 11 is 3.26. The van der Waals surface area contributed by atoms with Crippen molar-refractivity contribution in [2.24, 2.45) is 0 Å². The summed E-state index contributed by atoms with van der Waals surface area (Å²) in [7, 11) is 0. The summed E-state index contributed by atoms with van der Waals surface area (Å²) in [6.07, 6.45) is -0.299. The van der Waals surface area contributed by atoms with Crippen LogP contribution in [0.5, 0.6) is 5.75 Å². The molecule has 0 aromatic heterocycles. The molecule has 0 amide bonds. The second kappa shape index (κ2) is 5.86. The standard InChI is InChI=1S/C11H13BrO4/c12-6-2-4-7-8(10(14)11(15)16)3-1-5-9(7)13/h1,3,5,10,13-14H,2,4,6H2,(H,15,16). The zero-order valence-corrected chi connectivity index (χ0v) is 10.1. The lowest BCUT2D eigenvalue weighted by Gasteiger charge is -2.13. The van der Waals surface area contributed by atoms with Crippen molar-refractivity contribution in [2.45, 2.75) is 18.9 Å². The number of phenols is 1. The number of phenolic OH excluding ortho intramolecular Hbond substituents is 1. The van der Waals surface area contributed by atoms with Gasteiger partial charge in [0.05, 0.1) is 0 Å². The van der Waals surface area contributed by atoms with Gasteiger partial charge in [-0.2, -0.15) is 0 Å². The molecule has 0 aliphatic rings. The Morgan fingerprint density at radius 3 is 2.69 bits per heavy atom. The summed E-state index contributed by atoms with van der Waals surface area (Å²) in [6, 6.07) is 4.53. The molecule has 3 N–H and O–H groups in total. The maximum absolute atomic E-state index is 10.7. The molecule has 0 heterocycles. The van der Waals surface area contributed by atoms with Gasteiger partial charge in [0.1, 0.15) is 5.75 Å². The topological polar surface area (TPSA) is 77.8 Å². The van der Waals surface area contributed by atoms with Gasteiger partial charge in [-0.1, -0.05) is 28.1 Å². The molecule has 0 aliphatic heterocycles. The highest BCUT2D eigenvalue weighted by atomic mass is 79.9. The number of halogens is 1. The molecule has 0 aliphatic carbocycles. The Labute approximate surface area is 102 Å². The van der Waals surface area contributed by atoms with Gasteiger partial charge in [-0.15, -0.1) is 0 Å². The average Bonchev–Trinajstić information content (AvgIpc) is 2.26. The largest absolute Gasteiger partial charge is 0.508 e. The molecule has 0 radical (unpaired) electrons. The molecule has 1 unspecified atom stereocenters. The molecule has 1 atom stereocenters. The third-order valence-corrected chi connectivity index (χ3v) is 2.84. The maximum Gasteiger partial charge on any atom is 0.337 e. The number of aliphatic hydroxyl groups is 1. The molecule has 4 nitrogen and oxygen atoms in total. The number of aromatic hydroxyl groups is 1. The van der Waals surface area contributed by atoms with Crippen molar-refractivity contribution in [3.8, 4) is 5.75 Å². The highest BCUT2D eigenvalue weighted by molar-refractivity contribution is 9.09. The summed E-state index contributed by atoms with van der Waals surface area (Å²) in [4.78, 5) is 10.7. The number of hydrogen-bond donors (Lipinski definition) is 3. The molecule has 1 aromatic rings. The number of carboxylic acids is 1. The van der Waals surface area contributed by atoms with Crippen LogP contribution in [0, 0.1) is 0 Å². The molecule has 1 rings (SSSR count). The van der Waals surface area contributed by atoms with Crippen molar-refractivity contribution < 1.29 is 20.1 Å². The van der Waals surface area contributed by atoms with Gasteiger partial charge in [-0.3, -0.25) is 0 Å². The van der Waals surface area contributed by atoms with E-state index in [1.807, 2.05) is 0 Å². The van der Waals surface area contributed by atoms with Crippen LogP contribution in [0.2, 0.25) is 0 Å². The van der Waals surface area contributed by atoms with Crippen molar-refractivity contribution >= 4 is 21.9 Å². The second-order valence-electron chi connectivity index (χ2n) is 3.38. The molecule has 0 spiro atoms. The zero-order valence-electron chi connectivity index (χ0n) is 8.56. The number of hydrogen-bond acceptors (Lipinski definition) is 3. The first-order valence-electron chi connectivity index (χ1n) is 4.85. The quantitative estimate of drug-likeness (QED) is 0.723. The third kappa shape index (κ3) is 2.96. The van der Waals surface area contributed by atoms with E-state index in [0.29, 0.717) is 12.0 Å². The van der Waals surface area contributed by atoms with Gasteiger partial charge in [0, 0.05) is 10.9 Å². The maximum atomic E-state index is 10.7. The predicted octanol–water partition coefficient (Wildman–Crippen LogP) is 1.84. The fourth-order valence-electron chi connectivity index (χ4n) is 1.50. The summed E-state index contributed by atoms with van der Waals surface area (Å²) in [5, 5.41) is 28.6. The lowest BCUT2D eigenvalue weighted by Crippen LogP contribution is -2.13. The number of aliphatic hydroxyl groups excluding tert-OH is 1. The highest BCUT2D eigenvalue weighted by Gasteiger charge is 2.20. The van der Waals surface area contributed by atoms with E-state index in [-0.39, 0.29) is 11.3 Å². The third-order valence-electron chi connectivity index (χ3n) is 2.28. The molecule has 1 aromatic carbocycles. The van der Waals surface area contributed by atoms with Crippen LogP contribution in [0.25, 0.3) is 0 Å². The van der Waals surface area contributed by atoms with Crippen LogP contribution < -0.4 is 0 Å². The fourth-order valence-corrected chi connectivity index (χ4v) is 1.78. The molecule has 0 fully saturated rings. The summed E-state index contributed by atoms with van der Waals surface area (Å²) in [5.74, 6) is -1.29. The van der Waals surface area contributed by atoms with E-state index in [1.165, 1.54) is 18.2 Å². The smallest absolute Gasteiger partial charge is 0.337 e. The molecule has 0 bridgehead atoms. The monoisotopic (exact) mass is 288 g/mol. The zero-order chi connectivity index (χ0) is 12.1. The predicted molar refractivity (Wildman–Crippen MR) is 62.8 cm³/mol. The Hall–Kier alpha value is -1.07. The van der Waals surface area contributed by atoms with Crippen molar-refractivity contribution in [1.82, 2.24) is 0 Å². The van der Waals surface area contributed by atoms with Crippen molar-refractivity contribution in [3.05, 3.63) is 29.3 Å². The molecular weight excluding hydrogens is 276 g/mol. The Bertz CT molecular complexity index is 378. The van der Waals surface area contributed by atoms with E-state index in [2.05, 4.69) is 15.9 Å². The molecule has 5 heteroatoms. The van der Waals surface area contributed by atoms with Crippen LogP contribution in [-0.4, -0.2) is 26.6 Å². The first-order valence-corrected chi connectivity index (χ1v) is 5.97. The number of carbonyl (C=O) groups is 1. The second-order valence-corrected chi connectivity index (χ2v) is 4.17. The van der Waals surface area contributed by atoms with E-state index in [0.717, 1.165) is 11.8 Å². The summed E-state index contributed by atoms with van der Waals surface area (Å²) in [6.45, 7) is 0. The SMILES string of the molecule is O=C(O)C(O)c1cccc(O)c1CCCBr. The van der Waals surface area contributed by atoms with Gasteiger partial charge in [0.25, 0.3) is 0 Å². The van der Waals surface area contributed by atoms with Gasteiger partial charge >= 0.3 is 5.97 Å². The summed E-state index contributed by atoms with van der Waals surface area (Å²) < 4.78 is 0. The number of aliphatic carboxylic acids is 1. The minimum Gasteiger partial charge on any atom is -0.508 e. The average molecular weight is 289 g/mol. The molecule has 88 valence electrons. The Morgan fingerprint density at radius 2 is 2.12 bits per heavy atom. The number of alkyl halides is 1. The van der Waals surface area contributed by atoms with Gasteiger partial charge < -0.3 is 15.3 Å². The minimum absolute atomic E-state index is 0.0266. The number of rotatable bonds is 5. The minimum atomic E-state index is -1.59. The van der Waals surface area contributed by atoms with Crippen LogP contribution >= 0.6 is 15.9 Å². The lowest BCUT2D eigenvalue weighted by molar-refractivity contribution is -0.147. The van der Waals surface area contributed by atoms with Crippen LogP contribution in [0.1, 0.15) is 23.7 Å². The van der Waals surface area contributed by atoms with E-state index in [9.17, 15) is 15.0 Å². The van der Waals surface area contributed by atoms with Crippen LogP contribution in [0.4, 0.5) is 0 Å². The van der Waals surface area contributed by atoms with Crippen molar-refractivity contribution in [2.75, 3.05) is 5.33 Å². The van der Waals surface area contributed by atoms with E-state index in [1.54, 1.807) is 0 Å². The highest BCUT2D eigenvalue weighted by Crippen LogP contribution is 2.27. The van der Waals surface area contributed by atoms with E-state index in [4.69, 9.17) is 5.11 Å². The van der Waals surface area contributed by atoms with E-state index < -0.39 is 12.1 Å². The van der Waals surface area contributed by atoms with Gasteiger partial charge in [-0.25, -0.2) is 4.79 Å². The normalized spacial score (nSPS) is 12.4. The molecule has 16 heavy (non-hydrogen) atoms. The van der Waals surface area contributed by atoms with Crippen molar-refractivity contribution in [3.63, 3.8) is 0 Å². The first kappa shape index (κ1) is 13.0. The van der Waals surface area contributed by atoms with Crippen LogP contribution in [-0.2, 0) is 11.2 Å². The Kier molecular flexibility index (Phi) is 4.76. The van der Waals surface area contributed by atoms with Gasteiger partial charge in [-0.05, 0) is 24.5 Å². The Morgan fingerprint density at radius 1 is 1.44 bits per heavy atom. The molecule has 0 saturated heterocycles. The Balaban J connectivity index is 3.06. The van der Waals surface area contributed by atoms with Crippen LogP contribution in [0.3, 0.4) is 0 Å².